The SMILES string of the molecule is CCN(CC)C(=O)/C(C#N)=C\c1cc(OC)c(OCc2ccc(Cl)c(Cl)c2)c(Br)c1Br. The molecule has 0 heterocycles. The molecule has 0 unspecified atom stereocenters. The number of methoxy groups -OCH3 is 1. The molecule has 5 nitrogen and oxygen atoms in total. The maximum atomic E-state index is 12.6. The summed E-state index contributed by atoms with van der Waals surface area (Å²) in [5.41, 5.74) is 1.46. The second-order valence-electron chi connectivity index (χ2n) is 6.31. The third kappa shape index (κ3) is 6.17. The first-order valence-electron chi connectivity index (χ1n) is 9.31. The summed E-state index contributed by atoms with van der Waals surface area (Å²) in [4.78, 5) is 14.2. The Morgan fingerprint density at radius 3 is 2.39 bits per heavy atom. The fourth-order valence-electron chi connectivity index (χ4n) is 2.76. The van der Waals surface area contributed by atoms with Crippen LogP contribution in [0.3, 0.4) is 0 Å². The van der Waals surface area contributed by atoms with Crippen molar-refractivity contribution in [1.29, 1.82) is 5.26 Å². The summed E-state index contributed by atoms with van der Waals surface area (Å²) >= 11 is 19.1. The summed E-state index contributed by atoms with van der Waals surface area (Å²) in [6.45, 7) is 5.00. The second-order valence-corrected chi connectivity index (χ2v) is 8.71. The standard InChI is InChI=1S/C22H20Br2Cl2N2O3/c1-4-28(5-2)22(29)15(11-27)9-14-10-18(30-3)21(20(24)19(14)23)31-12-13-6-7-16(25)17(26)8-13/h6-10H,4-5,12H2,1-3H3/b15-9-. The number of nitrogens with zero attached hydrogens (tertiary/aromatic N) is 2. The quantitative estimate of drug-likeness (QED) is 0.248. The molecule has 0 N–H and O–H groups in total. The lowest BCUT2D eigenvalue weighted by Crippen LogP contribution is -2.31. The summed E-state index contributed by atoms with van der Waals surface area (Å²) in [7, 11) is 1.52. The van der Waals surface area contributed by atoms with Gasteiger partial charge in [0, 0.05) is 17.6 Å². The van der Waals surface area contributed by atoms with Crippen LogP contribution in [0.15, 0.2) is 38.8 Å². The van der Waals surface area contributed by atoms with Gasteiger partial charge < -0.3 is 14.4 Å². The van der Waals surface area contributed by atoms with Gasteiger partial charge in [-0.05, 0) is 81.1 Å². The van der Waals surface area contributed by atoms with E-state index in [9.17, 15) is 10.1 Å². The highest BCUT2D eigenvalue weighted by molar-refractivity contribution is 9.13. The number of halogens is 4. The van der Waals surface area contributed by atoms with Gasteiger partial charge in [-0.15, -0.1) is 0 Å². The molecule has 0 saturated carbocycles. The van der Waals surface area contributed by atoms with E-state index in [1.54, 1.807) is 23.1 Å². The van der Waals surface area contributed by atoms with E-state index in [2.05, 4.69) is 31.9 Å². The van der Waals surface area contributed by atoms with Crippen LogP contribution in [0.2, 0.25) is 10.0 Å². The van der Waals surface area contributed by atoms with E-state index in [1.165, 1.54) is 13.2 Å². The minimum atomic E-state index is -0.325. The van der Waals surface area contributed by atoms with Gasteiger partial charge in [0.05, 0.1) is 21.6 Å². The zero-order valence-corrected chi connectivity index (χ0v) is 21.8. The number of amides is 1. The van der Waals surface area contributed by atoms with Gasteiger partial charge in [0.25, 0.3) is 5.91 Å². The minimum absolute atomic E-state index is 0.0304. The Morgan fingerprint density at radius 2 is 1.84 bits per heavy atom. The maximum absolute atomic E-state index is 12.6. The van der Waals surface area contributed by atoms with E-state index in [4.69, 9.17) is 32.7 Å². The largest absolute Gasteiger partial charge is 0.493 e. The van der Waals surface area contributed by atoms with Gasteiger partial charge in [0.2, 0.25) is 0 Å². The Balaban J connectivity index is 2.40. The third-order valence-electron chi connectivity index (χ3n) is 4.44. The molecule has 0 aliphatic carbocycles. The molecule has 2 rings (SSSR count). The molecule has 1 amide bonds. The highest BCUT2D eigenvalue weighted by Gasteiger charge is 2.20. The molecule has 0 saturated heterocycles. The Morgan fingerprint density at radius 1 is 1.16 bits per heavy atom. The van der Waals surface area contributed by atoms with Crippen molar-refractivity contribution in [2.24, 2.45) is 0 Å². The van der Waals surface area contributed by atoms with Gasteiger partial charge in [-0.3, -0.25) is 4.79 Å². The van der Waals surface area contributed by atoms with Gasteiger partial charge in [-0.2, -0.15) is 5.26 Å². The number of hydrogen-bond acceptors (Lipinski definition) is 4. The van der Waals surface area contributed by atoms with Crippen molar-refractivity contribution in [2.75, 3.05) is 20.2 Å². The van der Waals surface area contributed by atoms with Crippen LogP contribution < -0.4 is 9.47 Å². The highest BCUT2D eigenvalue weighted by atomic mass is 79.9. The Kier molecular flexibility index (Phi) is 9.70. The molecule has 0 aliphatic heterocycles. The molecule has 0 aromatic heterocycles. The van der Waals surface area contributed by atoms with E-state index in [-0.39, 0.29) is 18.1 Å². The van der Waals surface area contributed by atoms with Crippen molar-refractivity contribution in [3.63, 3.8) is 0 Å². The van der Waals surface area contributed by atoms with E-state index in [1.807, 2.05) is 26.0 Å². The molecule has 0 spiro atoms. The van der Waals surface area contributed by atoms with Crippen molar-refractivity contribution < 1.29 is 14.3 Å². The van der Waals surface area contributed by atoms with Crippen LogP contribution in [0.5, 0.6) is 11.5 Å². The third-order valence-corrected chi connectivity index (χ3v) is 7.33. The highest BCUT2D eigenvalue weighted by Crippen LogP contribution is 2.44. The number of likely N-dealkylation sites (N-methyl/N-ethyl adjacent to an activating group) is 1. The number of carbonyl (C=O) groups excluding carboxylic acids is 1. The van der Waals surface area contributed by atoms with Crippen molar-refractivity contribution in [3.8, 4) is 17.6 Å². The Bertz CT molecular complexity index is 1050. The van der Waals surface area contributed by atoms with Crippen LogP contribution in [0, 0.1) is 11.3 Å². The first kappa shape index (κ1) is 25.5. The number of nitriles is 1. The molecular weight excluding hydrogens is 571 g/mol. The van der Waals surface area contributed by atoms with E-state index in [0.29, 0.717) is 49.1 Å². The van der Waals surface area contributed by atoms with E-state index in [0.717, 1.165) is 5.56 Å². The fourth-order valence-corrected chi connectivity index (χ4v) is 4.03. The molecule has 9 heteroatoms. The second kappa shape index (κ2) is 11.8. The minimum Gasteiger partial charge on any atom is -0.493 e. The fraction of sp³-hybridized carbons (Fsp3) is 0.273. The molecular formula is C22H20Br2Cl2N2O3. The van der Waals surface area contributed by atoms with Crippen molar-refractivity contribution in [3.05, 3.63) is 60.0 Å². The van der Waals surface area contributed by atoms with Crippen LogP contribution in [0.25, 0.3) is 6.08 Å². The molecule has 0 atom stereocenters. The number of rotatable bonds is 8. The summed E-state index contributed by atoms with van der Waals surface area (Å²) in [6.07, 6.45) is 1.53. The van der Waals surface area contributed by atoms with Crippen LogP contribution in [0.4, 0.5) is 0 Å². The van der Waals surface area contributed by atoms with Crippen LogP contribution in [-0.2, 0) is 11.4 Å². The number of ether oxygens (including phenoxy) is 2. The van der Waals surface area contributed by atoms with Crippen LogP contribution >= 0.6 is 55.1 Å². The molecule has 0 radical (unpaired) electrons. The predicted octanol–water partition coefficient (Wildman–Crippen LogP) is 6.88. The normalized spacial score (nSPS) is 11.1. The zero-order chi connectivity index (χ0) is 23.1. The first-order valence-corrected chi connectivity index (χ1v) is 11.6. The van der Waals surface area contributed by atoms with Gasteiger partial charge >= 0.3 is 0 Å². The molecule has 2 aromatic rings. The van der Waals surface area contributed by atoms with Crippen molar-refractivity contribution in [1.82, 2.24) is 4.90 Å². The lowest BCUT2D eigenvalue weighted by Gasteiger charge is -2.18. The summed E-state index contributed by atoms with van der Waals surface area (Å²) in [5, 5.41) is 10.4. The topological polar surface area (TPSA) is 62.6 Å². The molecule has 2 aromatic carbocycles. The lowest BCUT2D eigenvalue weighted by atomic mass is 10.1. The van der Waals surface area contributed by atoms with Crippen LogP contribution in [0.1, 0.15) is 25.0 Å². The summed E-state index contributed by atoms with van der Waals surface area (Å²) in [5.74, 6) is 0.578. The van der Waals surface area contributed by atoms with Gasteiger partial charge in [0.15, 0.2) is 11.5 Å². The number of carbonyl (C=O) groups is 1. The van der Waals surface area contributed by atoms with Crippen LogP contribution in [-0.4, -0.2) is 31.0 Å². The number of benzene rings is 2. The zero-order valence-electron chi connectivity index (χ0n) is 17.1. The van der Waals surface area contributed by atoms with Gasteiger partial charge in [-0.1, -0.05) is 29.3 Å². The molecule has 31 heavy (non-hydrogen) atoms. The summed E-state index contributed by atoms with van der Waals surface area (Å²) in [6, 6.07) is 8.95. The van der Waals surface area contributed by atoms with E-state index >= 15 is 0 Å². The average Bonchev–Trinajstić information content (AvgIpc) is 2.76. The Labute approximate surface area is 208 Å². The molecule has 164 valence electrons. The molecule has 0 aliphatic rings. The average molecular weight is 591 g/mol. The monoisotopic (exact) mass is 588 g/mol. The van der Waals surface area contributed by atoms with Gasteiger partial charge in [0.1, 0.15) is 18.2 Å². The van der Waals surface area contributed by atoms with Crippen molar-refractivity contribution in [2.45, 2.75) is 20.5 Å². The smallest absolute Gasteiger partial charge is 0.264 e. The Hall–Kier alpha value is -1.72. The molecule has 0 bridgehead atoms. The predicted molar refractivity (Wildman–Crippen MR) is 131 cm³/mol. The van der Waals surface area contributed by atoms with E-state index < -0.39 is 0 Å². The lowest BCUT2D eigenvalue weighted by molar-refractivity contribution is -0.126. The summed E-state index contributed by atoms with van der Waals surface area (Å²) < 4.78 is 12.7. The molecule has 0 fully saturated rings. The first-order chi connectivity index (χ1) is 14.8. The number of hydrogen-bond donors (Lipinski definition) is 0. The van der Waals surface area contributed by atoms with Crippen molar-refractivity contribution >= 4 is 67.0 Å². The maximum Gasteiger partial charge on any atom is 0.264 e. The van der Waals surface area contributed by atoms with Gasteiger partial charge in [-0.25, -0.2) is 0 Å².